The lowest BCUT2D eigenvalue weighted by Crippen LogP contribution is -2.41. The van der Waals surface area contributed by atoms with E-state index in [1.54, 1.807) is 0 Å². The van der Waals surface area contributed by atoms with Crippen molar-refractivity contribution < 1.29 is 28.0 Å². The number of hydrogen-bond acceptors (Lipinski definition) is 6. The van der Waals surface area contributed by atoms with Crippen LogP contribution in [0.5, 0.6) is 0 Å². The Bertz CT molecular complexity index is 876. The SMILES string of the molecule is C=CCNC(=O)NC(=O)COC(=O)c1c(-c2c(F)cccc2Cl)noc1C. The van der Waals surface area contributed by atoms with Crippen molar-refractivity contribution in [2.24, 2.45) is 0 Å². The maximum atomic E-state index is 14.1. The first-order valence-corrected chi connectivity index (χ1v) is 7.99. The Morgan fingerprint density at radius 2 is 2.15 bits per heavy atom. The van der Waals surface area contributed by atoms with Crippen molar-refractivity contribution in [1.29, 1.82) is 0 Å². The van der Waals surface area contributed by atoms with Gasteiger partial charge in [0.05, 0.1) is 10.6 Å². The van der Waals surface area contributed by atoms with Gasteiger partial charge in [0.1, 0.15) is 22.8 Å². The lowest BCUT2D eigenvalue weighted by Gasteiger charge is -2.07. The quantitative estimate of drug-likeness (QED) is 0.574. The summed E-state index contributed by atoms with van der Waals surface area (Å²) in [6, 6.07) is 3.20. The molecular formula is C17H15ClFN3O5. The molecule has 0 spiro atoms. The van der Waals surface area contributed by atoms with E-state index < -0.39 is 30.3 Å². The second-order valence-corrected chi connectivity index (χ2v) is 5.59. The van der Waals surface area contributed by atoms with Crippen molar-refractivity contribution in [3.05, 3.63) is 53.0 Å². The number of carbonyl (C=O) groups excluding carboxylic acids is 3. The minimum atomic E-state index is -0.982. The predicted molar refractivity (Wildman–Crippen MR) is 93.7 cm³/mol. The van der Waals surface area contributed by atoms with Crippen molar-refractivity contribution in [3.63, 3.8) is 0 Å². The Balaban J connectivity index is 2.12. The van der Waals surface area contributed by atoms with E-state index in [0.29, 0.717) is 0 Å². The first kappa shape index (κ1) is 20.1. The highest BCUT2D eigenvalue weighted by Gasteiger charge is 2.27. The molecule has 2 rings (SSSR count). The van der Waals surface area contributed by atoms with E-state index in [0.717, 1.165) is 6.07 Å². The highest BCUT2D eigenvalue weighted by molar-refractivity contribution is 6.33. The number of nitrogens with one attached hydrogen (secondary N) is 2. The van der Waals surface area contributed by atoms with Gasteiger partial charge in [-0.2, -0.15) is 0 Å². The molecule has 0 saturated carbocycles. The van der Waals surface area contributed by atoms with Crippen LogP contribution in [-0.4, -0.2) is 36.2 Å². The van der Waals surface area contributed by atoms with E-state index in [9.17, 15) is 18.8 Å². The van der Waals surface area contributed by atoms with Crippen LogP contribution in [0, 0.1) is 12.7 Å². The molecule has 0 unspecified atom stereocenters. The number of aryl methyl sites for hydroxylation is 1. The normalized spacial score (nSPS) is 10.2. The molecule has 0 radical (unpaired) electrons. The third kappa shape index (κ3) is 4.91. The van der Waals surface area contributed by atoms with Crippen LogP contribution in [-0.2, 0) is 9.53 Å². The number of hydrogen-bond donors (Lipinski definition) is 2. The third-order valence-electron chi connectivity index (χ3n) is 3.26. The average Bonchev–Trinajstić information content (AvgIpc) is 2.99. The highest BCUT2D eigenvalue weighted by Crippen LogP contribution is 2.33. The second-order valence-electron chi connectivity index (χ2n) is 5.18. The van der Waals surface area contributed by atoms with Gasteiger partial charge in [0.2, 0.25) is 0 Å². The summed E-state index contributed by atoms with van der Waals surface area (Å²) in [4.78, 5) is 35.3. The fraction of sp³-hybridized carbons (Fsp3) is 0.176. The molecule has 0 fully saturated rings. The second kappa shape index (κ2) is 8.95. The standard InChI is InChI=1S/C17H15ClFN3O5/c1-3-7-20-17(25)21-12(23)8-26-16(24)13-9(2)27-22-15(13)14-10(18)5-4-6-11(14)19/h3-6H,1,7-8H2,2H3,(H2,20,21,23,25). The fourth-order valence-electron chi connectivity index (χ4n) is 2.08. The zero-order valence-corrected chi connectivity index (χ0v) is 14.9. The predicted octanol–water partition coefficient (Wildman–Crippen LogP) is 2.61. The molecular weight excluding hydrogens is 381 g/mol. The molecule has 142 valence electrons. The number of nitrogens with zero attached hydrogens (tertiary/aromatic N) is 1. The van der Waals surface area contributed by atoms with E-state index in [-0.39, 0.29) is 34.1 Å². The van der Waals surface area contributed by atoms with Crippen LogP contribution < -0.4 is 10.6 Å². The average molecular weight is 396 g/mol. The Kier molecular flexibility index (Phi) is 6.67. The topological polar surface area (TPSA) is 111 Å². The summed E-state index contributed by atoms with van der Waals surface area (Å²) < 4.78 is 23.9. The van der Waals surface area contributed by atoms with Gasteiger partial charge in [-0.25, -0.2) is 14.0 Å². The first-order valence-electron chi connectivity index (χ1n) is 7.61. The summed E-state index contributed by atoms with van der Waals surface area (Å²) in [6.07, 6.45) is 1.42. The van der Waals surface area contributed by atoms with Crippen molar-refractivity contribution >= 4 is 29.5 Å². The summed E-state index contributed by atoms with van der Waals surface area (Å²) in [7, 11) is 0. The molecule has 1 aromatic heterocycles. The van der Waals surface area contributed by atoms with Crippen LogP contribution in [0.4, 0.5) is 9.18 Å². The number of halogens is 2. The van der Waals surface area contributed by atoms with Gasteiger partial charge in [-0.05, 0) is 19.1 Å². The van der Waals surface area contributed by atoms with Crippen LogP contribution in [0.3, 0.4) is 0 Å². The van der Waals surface area contributed by atoms with Gasteiger partial charge in [-0.15, -0.1) is 6.58 Å². The molecule has 2 N–H and O–H groups in total. The molecule has 0 aliphatic rings. The van der Waals surface area contributed by atoms with Crippen molar-refractivity contribution in [2.75, 3.05) is 13.2 Å². The van der Waals surface area contributed by atoms with E-state index in [1.807, 2.05) is 5.32 Å². The van der Waals surface area contributed by atoms with Crippen molar-refractivity contribution in [2.45, 2.75) is 6.92 Å². The van der Waals surface area contributed by atoms with Crippen LogP contribution in [0.1, 0.15) is 16.1 Å². The summed E-state index contributed by atoms with van der Waals surface area (Å²) in [5.41, 5.74) is -0.452. The molecule has 27 heavy (non-hydrogen) atoms. The molecule has 0 saturated heterocycles. The fourth-order valence-corrected chi connectivity index (χ4v) is 2.33. The molecule has 2 aromatic rings. The Morgan fingerprint density at radius 1 is 1.41 bits per heavy atom. The van der Waals surface area contributed by atoms with Crippen LogP contribution in [0.2, 0.25) is 5.02 Å². The molecule has 0 atom stereocenters. The zero-order chi connectivity index (χ0) is 20.0. The monoisotopic (exact) mass is 395 g/mol. The van der Waals surface area contributed by atoms with Gasteiger partial charge in [0, 0.05) is 6.54 Å². The number of amides is 3. The minimum Gasteiger partial charge on any atom is -0.452 e. The number of benzene rings is 1. The van der Waals surface area contributed by atoms with Gasteiger partial charge in [-0.1, -0.05) is 28.9 Å². The first-order chi connectivity index (χ1) is 12.8. The number of aromatic nitrogens is 1. The Labute approximate surface area is 158 Å². The molecule has 0 bridgehead atoms. The summed E-state index contributed by atoms with van der Waals surface area (Å²) in [5, 5.41) is 7.97. The van der Waals surface area contributed by atoms with Crippen LogP contribution >= 0.6 is 11.6 Å². The van der Waals surface area contributed by atoms with Gasteiger partial charge in [-0.3, -0.25) is 10.1 Å². The maximum Gasteiger partial charge on any atom is 0.344 e. The van der Waals surface area contributed by atoms with E-state index in [1.165, 1.54) is 25.1 Å². The molecule has 0 aliphatic carbocycles. The number of rotatable bonds is 6. The van der Waals surface area contributed by atoms with Gasteiger partial charge < -0.3 is 14.6 Å². The smallest absolute Gasteiger partial charge is 0.344 e. The molecule has 1 heterocycles. The van der Waals surface area contributed by atoms with Crippen LogP contribution in [0.15, 0.2) is 35.4 Å². The number of ether oxygens (including phenoxy) is 1. The Hall–Kier alpha value is -3.20. The molecule has 8 nitrogen and oxygen atoms in total. The Morgan fingerprint density at radius 3 is 2.81 bits per heavy atom. The largest absolute Gasteiger partial charge is 0.452 e. The van der Waals surface area contributed by atoms with Gasteiger partial charge in [0.15, 0.2) is 6.61 Å². The lowest BCUT2D eigenvalue weighted by atomic mass is 10.1. The maximum absolute atomic E-state index is 14.1. The third-order valence-corrected chi connectivity index (χ3v) is 3.58. The van der Waals surface area contributed by atoms with E-state index in [2.05, 4.69) is 17.1 Å². The van der Waals surface area contributed by atoms with E-state index >= 15 is 0 Å². The van der Waals surface area contributed by atoms with Crippen molar-refractivity contribution in [1.82, 2.24) is 15.8 Å². The number of imide groups is 1. The number of esters is 1. The molecule has 1 aromatic carbocycles. The summed E-state index contributed by atoms with van der Waals surface area (Å²) in [6.45, 7) is 4.24. The molecule has 3 amide bonds. The summed E-state index contributed by atoms with van der Waals surface area (Å²) in [5.74, 6) is -2.49. The zero-order valence-electron chi connectivity index (χ0n) is 14.2. The highest BCUT2D eigenvalue weighted by atomic mass is 35.5. The van der Waals surface area contributed by atoms with Gasteiger partial charge >= 0.3 is 12.0 Å². The van der Waals surface area contributed by atoms with Crippen molar-refractivity contribution in [3.8, 4) is 11.3 Å². The van der Waals surface area contributed by atoms with Crippen LogP contribution in [0.25, 0.3) is 11.3 Å². The minimum absolute atomic E-state index is 0.0222. The van der Waals surface area contributed by atoms with E-state index in [4.69, 9.17) is 20.9 Å². The summed E-state index contributed by atoms with van der Waals surface area (Å²) >= 11 is 5.99. The number of urea groups is 1. The lowest BCUT2D eigenvalue weighted by molar-refractivity contribution is -0.123. The molecule has 10 heteroatoms. The number of carbonyl (C=O) groups is 3. The molecule has 0 aliphatic heterocycles. The van der Waals surface area contributed by atoms with Gasteiger partial charge in [0.25, 0.3) is 5.91 Å².